The first kappa shape index (κ1) is 15.8. The maximum atomic E-state index is 6.22. The second-order valence-electron chi connectivity index (χ2n) is 4.82. The molecule has 1 aromatic carbocycles. The summed E-state index contributed by atoms with van der Waals surface area (Å²) in [6.45, 7) is 2.13. The molecule has 0 aliphatic carbocycles. The Bertz CT molecular complexity index is 595. The number of halogens is 2. The average molecular weight is 404 g/mol. The molecule has 0 spiro atoms. The summed E-state index contributed by atoms with van der Waals surface area (Å²) in [5.41, 5.74) is 3.58. The number of aryl methyl sites for hydroxylation is 2. The van der Waals surface area contributed by atoms with E-state index < -0.39 is 0 Å². The van der Waals surface area contributed by atoms with Crippen LogP contribution in [0.15, 0.2) is 24.3 Å². The zero-order valence-electron chi connectivity index (χ0n) is 12.0. The van der Waals surface area contributed by atoms with Gasteiger partial charge in [-0.2, -0.15) is 5.10 Å². The smallest absolute Gasteiger partial charge is 0.0624 e. The van der Waals surface area contributed by atoms with Gasteiger partial charge in [0.1, 0.15) is 0 Å². The largest absolute Gasteiger partial charge is 0.313 e. The van der Waals surface area contributed by atoms with Crippen molar-refractivity contribution in [3.63, 3.8) is 0 Å². The molecule has 1 aromatic heterocycles. The molecule has 0 amide bonds. The fourth-order valence-corrected chi connectivity index (χ4v) is 2.78. The molecule has 0 aliphatic heterocycles. The van der Waals surface area contributed by atoms with Crippen LogP contribution in [0.3, 0.4) is 0 Å². The van der Waals surface area contributed by atoms with Gasteiger partial charge < -0.3 is 5.32 Å². The van der Waals surface area contributed by atoms with Crippen LogP contribution in [0.25, 0.3) is 0 Å². The van der Waals surface area contributed by atoms with E-state index in [0.29, 0.717) is 0 Å². The summed E-state index contributed by atoms with van der Waals surface area (Å²) in [6.07, 6.45) is 1.87. The van der Waals surface area contributed by atoms with Crippen LogP contribution in [0.2, 0.25) is 5.02 Å². The van der Waals surface area contributed by atoms with Gasteiger partial charge in [-0.3, -0.25) is 4.68 Å². The summed E-state index contributed by atoms with van der Waals surface area (Å²) in [4.78, 5) is 0. The summed E-state index contributed by atoms with van der Waals surface area (Å²) in [7, 11) is 3.98. The van der Waals surface area contributed by atoms with Gasteiger partial charge in [0.15, 0.2) is 0 Å². The maximum Gasteiger partial charge on any atom is 0.0624 e. The molecule has 0 bridgehead atoms. The van der Waals surface area contributed by atoms with E-state index in [1.165, 1.54) is 11.3 Å². The fraction of sp³-hybridized carbons (Fsp3) is 0.400. The predicted octanol–water partition coefficient (Wildman–Crippen LogP) is 3.74. The van der Waals surface area contributed by atoms with Crippen molar-refractivity contribution in [3.8, 4) is 0 Å². The van der Waals surface area contributed by atoms with E-state index in [4.69, 9.17) is 11.6 Å². The third-order valence-electron chi connectivity index (χ3n) is 3.50. The molecule has 0 saturated heterocycles. The molecule has 1 unspecified atom stereocenters. The van der Waals surface area contributed by atoms with Crippen molar-refractivity contribution in [2.45, 2.75) is 25.8 Å². The van der Waals surface area contributed by atoms with Crippen LogP contribution in [0.1, 0.15) is 29.9 Å². The number of hydrogen-bond donors (Lipinski definition) is 1. The average Bonchev–Trinajstić information content (AvgIpc) is 2.80. The second kappa shape index (κ2) is 6.91. The molecule has 2 aromatic rings. The molecule has 2 rings (SSSR count). The number of nitrogens with one attached hydrogen (secondary N) is 1. The van der Waals surface area contributed by atoms with Crippen LogP contribution in [-0.2, 0) is 19.9 Å². The highest BCUT2D eigenvalue weighted by atomic mass is 127. The first-order valence-electron chi connectivity index (χ1n) is 6.69. The van der Waals surface area contributed by atoms with Gasteiger partial charge in [0.25, 0.3) is 0 Å². The Morgan fingerprint density at radius 2 is 2.15 bits per heavy atom. The van der Waals surface area contributed by atoms with E-state index in [-0.39, 0.29) is 6.04 Å². The minimum absolute atomic E-state index is 0.240. The maximum absolute atomic E-state index is 6.22. The quantitative estimate of drug-likeness (QED) is 0.771. The van der Waals surface area contributed by atoms with Crippen LogP contribution in [0.4, 0.5) is 0 Å². The lowest BCUT2D eigenvalue weighted by atomic mass is 10.0. The van der Waals surface area contributed by atoms with Crippen molar-refractivity contribution in [2.24, 2.45) is 7.05 Å². The van der Waals surface area contributed by atoms with Crippen molar-refractivity contribution in [1.82, 2.24) is 15.1 Å². The van der Waals surface area contributed by atoms with Gasteiger partial charge in [-0.05, 0) is 59.8 Å². The first-order chi connectivity index (χ1) is 9.55. The molecule has 3 nitrogen and oxygen atoms in total. The van der Waals surface area contributed by atoms with Gasteiger partial charge in [-0.15, -0.1) is 0 Å². The van der Waals surface area contributed by atoms with E-state index in [1.807, 2.05) is 24.8 Å². The topological polar surface area (TPSA) is 29.9 Å². The van der Waals surface area contributed by atoms with Gasteiger partial charge in [0.2, 0.25) is 0 Å². The number of nitrogens with zero attached hydrogens (tertiary/aromatic N) is 2. The monoisotopic (exact) mass is 403 g/mol. The van der Waals surface area contributed by atoms with Gasteiger partial charge in [0.05, 0.1) is 10.7 Å². The van der Waals surface area contributed by atoms with Crippen molar-refractivity contribution >= 4 is 34.2 Å². The molecule has 0 aliphatic rings. The molecule has 20 heavy (non-hydrogen) atoms. The molecular weight excluding hydrogens is 385 g/mol. The number of rotatable bonds is 5. The Hall–Kier alpha value is -0.590. The Balaban J connectivity index is 2.23. The third-order valence-corrected chi connectivity index (χ3v) is 5.07. The highest BCUT2D eigenvalue weighted by Crippen LogP contribution is 2.25. The summed E-state index contributed by atoms with van der Waals surface area (Å²) in [5, 5.41) is 8.68. The summed E-state index contributed by atoms with van der Waals surface area (Å²) in [6, 6.07) is 8.65. The van der Waals surface area contributed by atoms with Crippen molar-refractivity contribution in [2.75, 3.05) is 7.05 Å². The number of likely N-dealkylation sites (N-methyl/N-ethyl adjacent to an activating group) is 1. The zero-order valence-corrected chi connectivity index (χ0v) is 14.9. The summed E-state index contributed by atoms with van der Waals surface area (Å²) in [5.74, 6) is 0. The molecule has 108 valence electrons. The van der Waals surface area contributed by atoms with Gasteiger partial charge in [0, 0.05) is 28.8 Å². The summed E-state index contributed by atoms with van der Waals surface area (Å²) < 4.78 is 3.05. The Kier molecular flexibility index (Phi) is 5.46. The minimum atomic E-state index is 0.240. The lowest BCUT2D eigenvalue weighted by molar-refractivity contribution is 0.561. The lowest BCUT2D eigenvalue weighted by Crippen LogP contribution is -2.20. The highest BCUT2D eigenvalue weighted by Gasteiger charge is 2.14. The van der Waals surface area contributed by atoms with Gasteiger partial charge >= 0.3 is 0 Å². The molecule has 1 N–H and O–H groups in total. The lowest BCUT2D eigenvalue weighted by Gasteiger charge is -2.17. The molecule has 0 fully saturated rings. The van der Waals surface area contributed by atoms with E-state index >= 15 is 0 Å². The van der Waals surface area contributed by atoms with Gasteiger partial charge in [-0.25, -0.2) is 0 Å². The SMILES string of the molecule is CCc1cc(CC(NC)c2ccc(I)c(Cl)c2)n(C)n1. The van der Waals surface area contributed by atoms with Crippen LogP contribution in [-0.4, -0.2) is 16.8 Å². The van der Waals surface area contributed by atoms with Crippen molar-refractivity contribution in [3.05, 3.63) is 49.8 Å². The zero-order chi connectivity index (χ0) is 14.7. The molecule has 5 heteroatoms. The molecule has 0 saturated carbocycles. The van der Waals surface area contributed by atoms with Gasteiger partial charge in [-0.1, -0.05) is 24.6 Å². The van der Waals surface area contributed by atoms with E-state index in [1.54, 1.807) is 0 Å². The Morgan fingerprint density at radius 1 is 1.40 bits per heavy atom. The Morgan fingerprint density at radius 3 is 2.70 bits per heavy atom. The Labute approximate surface area is 138 Å². The highest BCUT2D eigenvalue weighted by molar-refractivity contribution is 14.1. The van der Waals surface area contributed by atoms with Crippen LogP contribution >= 0.6 is 34.2 Å². The molecule has 1 heterocycles. The van der Waals surface area contributed by atoms with E-state index in [0.717, 1.165) is 27.1 Å². The first-order valence-corrected chi connectivity index (χ1v) is 8.14. The minimum Gasteiger partial charge on any atom is -0.313 e. The molecule has 0 radical (unpaired) electrons. The second-order valence-corrected chi connectivity index (χ2v) is 6.39. The predicted molar refractivity (Wildman–Crippen MR) is 92.3 cm³/mol. The summed E-state index contributed by atoms with van der Waals surface area (Å²) >= 11 is 8.47. The van der Waals surface area contributed by atoms with E-state index in [2.05, 4.69) is 58.1 Å². The van der Waals surface area contributed by atoms with Crippen molar-refractivity contribution in [1.29, 1.82) is 0 Å². The van der Waals surface area contributed by atoms with Crippen LogP contribution in [0, 0.1) is 3.57 Å². The number of hydrogen-bond acceptors (Lipinski definition) is 2. The standard InChI is InChI=1S/C15H19ClIN3/c1-4-11-8-12(20(3)19-11)9-15(18-2)10-5-6-14(17)13(16)7-10/h5-8,15,18H,4,9H2,1-3H3. The van der Waals surface area contributed by atoms with Crippen LogP contribution < -0.4 is 5.32 Å². The molecule has 1 atom stereocenters. The van der Waals surface area contributed by atoms with Crippen molar-refractivity contribution < 1.29 is 0 Å². The molecular formula is C15H19ClIN3. The van der Waals surface area contributed by atoms with E-state index in [9.17, 15) is 0 Å². The number of benzene rings is 1. The third kappa shape index (κ3) is 3.54. The van der Waals surface area contributed by atoms with Crippen LogP contribution in [0.5, 0.6) is 0 Å². The fourth-order valence-electron chi connectivity index (χ4n) is 2.26. The normalized spacial score (nSPS) is 12.7. The number of aromatic nitrogens is 2.